The van der Waals surface area contributed by atoms with Crippen molar-refractivity contribution in [1.29, 1.82) is 0 Å². The second-order valence-electron chi connectivity index (χ2n) is 6.41. The fourth-order valence-corrected chi connectivity index (χ4v) is 3.36. The molecule has 1 saturated heterocycles. The highest BCUT2D eigenvalue weighted by atomic mass is 16.5. The van der Waals surface area contributed by atoms with Crippen LogP contribution >= 0.6 is 0 Å². The molecule has 0 aromatic heterocycles. The maximum atomic E-state index is 13.3. The molecule has 0 saturated carbocycles. The molecule has 0 atom stereocenters. The highest BCUT2D eigenvalue weighted by molar-refractivity contribution is 6.27. The Kier molecular flexibility index (Phi) is 5.89. The minimum Gasteiger partial charge on any atom is -0.465 e. The van der Waals surface area contributed by atoms with E-state index in [0.29, 0.717) is 26.3 Å². The SMILES string of the molecule is CCOC(=O)CN(C(C)=O)C1=C(N2CCOCC2)C(=O)c2ccccc2C1=O. The van der Waals surface area contributed by atoms with Crippen LogP contribution in [0.1, 0.15) is 34.6 Å². The van der Waals surface area contributed by atoms with Gasteiger partial charge in [0.2, 0.25) is 17.5 Å². The van der Waals surface area contributed by atoms with Crippen LogP contribution in [0.25, 0.3) is 0 Å². The number of Topliss-reactive ketones (excluding diaryl/α,β-unsaturated/α-hetero) is 2. The van der Waals surface area contributed by atoms with Gasteiger partial charge < -0.3 is 14.4 Å². The normalized spacial score (nSPS) is 16.7. The van der Waals surface area contributed by atoms with Gasteiger partial charge in [-0.3, -0.25) is 24.1 Å². The third-order valence-electron chi connectivity index (χ3n) is 4.64. The Morgan fingerprint density at radius 1 is 1.11 bits per heavy atom. The molecule has 28 heavy (non-hydrogen) atoms. The van der Waals surface area contributed by atoms with E-state index in [4.69, 9.17) is 9.47 Å². The van der Waals surface area contributed by atoms with Gasteiger partial charge in [-0.15, -0.1) is 0 Å². The summed E-state index contributed by atoms with van der Waals surface area (Å²) in [5, 5.41) is 0. The zero-order valence-corrected chi connectivity index (χ0v) is 15.9. The largest absolute Gasteiger partial charge is 0.465 e. The molecular formula is C20H22N2O6. The molecule has 2 aliphatic rings. The van der Waals surface area contributed by atoms with Gasteiger partial charge in [-0.2, -0.15) is 0 Å². The molecule has 8 nitrogen and oxygen atoms in total. The molecule has 1 aromatic rings. The summed E-state index contributed by atoms with van der Waals surface area (Å²) in [6.07, 6.45) is 0. The number of hydrogen-bond acceptors (Lipinski definition) is 7. The van der Waals surface area contributed by atoms with Gasteiger partial charge in [0.15, 0.2) is 0 Å². The van der Waals surface area contributed by atoms with Crippen LogP contribution in [0.5, 0.6) is 0 Å². The minimum absolute atomic E-state index is 0.0776. The number of carbonyl (C=O) groups excluding carboxylic acids is 4. The van der Waals surface area contributed by atoms with Crippen LogP contribution in [0.2, 0.25) is 0 Å². The van der Waals surface area contributed by atoms with Crippen molar-refractivity contribution in [3.8, 4) is 0 Å². The predicted octanol–water partition coefficient (Wildman–Crippen LogP) is 1.02. The quantitative estimate of drug-likeness (QED) is 0.698. The number of morpholine rings is 1. The Bertz CT molecular complexity index is 854. The molecule has 1 fully saturated rings. The van der Waals surface area contributed by atoms with Crippen LogP contribution in [-0.2, 0) is 19.1 Å². The Balaban J connectivity index is 2.14. The van der Waals surface area contributed by atoms with E-state index in [2.05, 4.69) is 0 Å². The lowest BCUT2D eigenvalue weighted by atomic mass is 9.88. The number of ether oxygens (including phenoxy) is 2. The zero-order valence-electron chi connectivity index (χ0n) is 15.9. The number of fused-ring (bicyclic) bond motifs is 1. The summed E-state index contributed by atoms with van der Waals surface area (Å²) in [6, 6.07) is 6.49. The van der Waals surface area contributed by atoms with Crippen LogP contribution < -0.4 is 0 Å². The monoisotopic (exact) mass is 386 g/mol. The van der Waals surface area contributed by atoms with E-state index in [-0.39, 0.29) is 34.9 Å². The number of nitrogens with zero attached hydrogens (tertiary/aromatic N) is 2. The number of esters is 1. The summed E-state index contributed by atoms with van der Waals surface area (Å²) in [7, 11) is 0. The summed E-state index contributed by atoms with van der Waals surface area (Å²) in [5.74, 6) is -1.97. The molecule has 1 amide bonds. The number of benzene rings is 1. The van der Waals surface area contributed by atoms with E-state index in [1.165, 1.54) is 6.92 Å². The molecular weight excluding hydrogens is 364 g/mol. The lowest BCUT2D eigenvalue weighted by molar-refractivity contribution is -0.147. The molecule has 1 heterocycles. The van der Waals surface area contributed by atoms with Crippen LogP contribution in [-0.4, -0.2) is 72.7 Å². The summed E-state index contributed by atoms with van der Waals surface area (Å²) < 4.78 is 10.3. The first-order valence-electron chi connectivity index (χ1n) is 9.14. The van der Waals surface area contributed by atoms with Crippen molar-refractivity contribution >= 4 is 23.4 Å². The number of allylic oxidation sites excluding steroid dienone is 2. The Morgan fingerprint density at radius 3 is 2.29 bits per heavy atom. The fourth-order valence-electron chi connectivity index (χ4n) is 3.36. The van der Waals surface area contributed by atoms with Gasteiger partial charge in [0.1, 0.15) is 17.9 Å². The van der Waals surface area contributed by atoms with Crippen LogP contribution in [0.3, 0.4) is 0 Å². The summed E-state index contributed by atoms with van der Waals surface area (Å²) in [4.78, 5) is 53.7. The van der Waals surface area contributed by atoms with Gasteiger partial charge in [0.25, 0.3) is 0 Å². The summed E-state index contributed by atoms with van der Waals surface area (Å²) in [6.45, 7) is 4.23. The van der Waals surface area contributed by atoms with Crippen molar-refractivity contribution in [2.24, 2.45) is 0 Å². The first-order valence-corrected chi connectivity index (χ1v) is 9.14. The van der Waals surface area contributed by atoms with Crippen LogP contribution in [0.4, 0.5) is 0 Å². The molecule has 0 spiro atoms. The van der Waals surface area contributed by atoms with Crippen molar-refractivity contribution < 1.29 is 28.7 Å². The van der Waals surface area contributed by atoms with E-state index in [1.807, 2.05) is 0 Å². The molecule has 0 N–H and O–H groups in total. The first-order chi connectivity index (χ1) is 13.5. The Morgan fingerprint density at radius 2 is 1.71 bits per heavy atom. The Hall–Kier alpha value is -3.00. The average molecular weight is 386 g/mol. The fraction of sp³-hybridized carbons (Fsp3) is 0.400. The Labute approximate surface area is 162 Å². The maximum Gasteiger partial charge on any atom is 0.326 e. The zero-order chi connectivity index (χ0) is 20.3. The maximum absolute atomic E-state index is 13.3. The molecule has 1 aliphatic heterocycles. The van der Waals surface area contributed by atoms with Gasteiger partial charge in [-0.05, 0) is 6.92 Å². The van der Waals surface area contributed by atoms with E-state index >= 15 is 0 Å². The lowest BCUT2D eigenvalue weighted by Crippen LogP contribution is -2.46. The molecule has 0 radical (unpaired) electrons. The second-order valence-corrected chi connectivity index (χ2v) is 6.41. The first kappa shape index (κ1) is 19.8. The number of hydrogen-bond donors (Lipinski definition) is 0. The second kappa shape index (κ2) is 8.35. The molecule has 1 aromatic carbocycles. The van der Waals surface area contributed by atoms with Gasteiger partial charge >= 0.3 is 5.97 Å². The van der Waals surface area contributed by atoms with Crippen molar-refractivity contribution in [1.82, 2.24) is 9.80 Å². The van der Waals surface area contributed by atoms with E-state index in [0.717, 1.165) is 4.90 Å². The number of amides is 1. The van der Waals surface area contributed by atoms with Crippen molar-refractivity contribution in [2.75, 3.05) is 39.5 Å². The van der Waals surface area contributed by atoms with E-state index in [9.17, 15) is 19.2 Å². The van der Waals surface area contributed by atoms with Crippen molar-refractivity contribution in [2.45, 2.75) is 13.8 Å². The van der Waals surface area contributed by atoms with Crippen LogP contribution in [0, 0.1) is 0 Å². The van der Waals surface area contributed by atoms with Crippen LogP contribution in [0.15, 0.2) is 35.7 Å². The van der Waals surface area contributed by atoms with E-state index in [1.54, 1.807) is 36.1 Å². The summed E-state index contributed by atoms with van der Waals surface area (Å²) >= 11 is 0. The topological polar surface area (TPSA) is 93.2 Å². The van der Waals surface area contributed by atoms with Gasteiger partial charge in [0.05, 0.1) is 19.8 Å². The number of rotatable bonds is 5. The lowest BCUT2D eigenvalue weighted by Gasteiger charge is -2.36. The molecule has 3 rings (SSSR count). The third-order valence-corrected chi connectivity index (χ3v) is 4.64. The molecule has 148 valence electrons. The minimum atomic E-state index is -0.648. The molecule has 8 heteroatoms. The van der Waals surface area contributed by atoms with Gasteiger partial charge in [-0.25, -0.2) is 0 Å². The molecule has 0 bridgehead atoms. The molecule has 0 unspecified atom stereocenters. The molecule has 1 aliphatic carbocycles. The van der Waals surface area contributed by atoms with Crippen molar-refractivity contribution in [3.63, 3.8) is 0 Å². The summed E-state index contributed by atoms with van der Waals surface area (Å²) in [5.41, 5.74) is 0.560. The third kappa shape index (κ3) is 3.68. The van der Waals surface area contributed by atoms with Gasteiger partial charge in [0, 0.05) is 31.1 Å². The smallest absolute Gasteiger partial charge is 0.326 e. The van der Waals surface area contributed by atoms with E-state index < -0.39 is 24.2 Å². The standard InChI is InChI=1S/C20H22N2O6/c1-3-28-16(24)12-22(13(2)23)18-17(21-8-10-27-11-9-21)19(25)14-6-4-5-7-15(14)20(18)26/h4-7H,3,8-12H2,1-2H3. The number of carbonyl (C=O) groups is 4. The average Bonchev–Trinajstić information content (AvgIpc) is 2.69. The van der Waals surface area contributed by atoms with Gasteiger partial charge in [-0.1, -0.05) is 24.3 Å². The highest BCUT2D eigenvalue weighted by Crippen LogP contribution is 2.31. The number of ketones is 2. The van der Waals surface area contributed by atoms with Crippen molar-refractivity contribution in [3.05, 3.63) is 46.8 Å². The predicted molar refractivity (Wildman–Crippen MR) is 98.5 cm³/mol. The highest BCUT2D eigenvalue weighted by Gasteiger charge is 2.39.